The molecular formula is C16H19N3O7S. The number of carbonyl (C=O) groups is 2. The van der Waals surface area contributed by atoms with Crippen molar-refractivity contribution in [2.45, 2.75) is 11.3 Å². The van der Waals surface area contributed by atoms with Crippen LogP contribution in [0.2, 0.25) is 0 Å². The van der Waals surface area contributed by atoms with Gasteiger partial charge >= 0.3 is 12.3 Å². The first kappa shape index (κ1) is 19.1. The van der Waals surface area contributed by atoms with Crippen molar-refractivity contribution >= 4 is 40.8 Å². The van der Waals surface area contributed by atoms with Crippen molar-refractivity contribution in [1.82, 2.24) is 9.97 Å². The average molecular weight is 397 g/mol. The fourth-order valence-corrected chi connectivity index (χ4v) is 3.56. The molecule has 2 aromatic rings. The lowest BCUT2D eigenvalue weighted by Gasteiger charge is -2.28. The van der Waals surface area contributed by atoms with Gasteiger partial charge in [-0.05, 0) is 12.1 Å². The Morgan fingerprint density at radius 2 is 2.07 bits per heavy atom. The summed E-state index contributed by atoms with van der Waals surface area (Å²) in [7, 11) is 0. The summed E-state index contributed by atoms with van der Waals surface area (Å²) >= 11 is 1.23. The molecule has 3 rings (SSSR count). The Morgan fingerprint density at radius 3 is 2.78 bits per heavy atom. The van der Waals surface area contributed by atoms with Crippen LogP contribution in [-0.2, 0) is 14.2 Å². The second-order valence-corrected chi connectivity index (χ2v) is 6.72. The molecule has 1 atom stereocenters. The number of thioether (sulfide) groups is 1. The number of hydrogen-bond acceptors (Lipinski definition) is 8. The van der Waals surface area contributed by atoms with E-state index < -0.39 is 18.4 Å². The van der Waals surface area contributed by atoms with E-state index in [4.69, 9.17) is 14.9 Å². The molecule has 146 valence electrons. The van der Waals surface area contributed by atoms with Crippen molar-refractivity contribution in [3.8, 4) is 0 Å². The van der Waals surface area contributed by atoms with Gasteiger partial charge in [0.1, 0.15) is 18.2 Å². The highest BCUT2D eigenvalue weighted by atomic mass is 32.2. The van der Waals surface area contributed by atoms with Crippen LogP contribution < -0.4 is 4.90 Å². The number of para-hydroxylation sites is 1. The fraction of sp³-hybridized carbons (Fsp3) is 0.438. The van der Waals surface area contributed by atoms with Gasteiger partial charge in [0.25, 0.3) is 0 Å². The monoisotopic (exact) mass is 397 g/mol. The number of carboxylic acid groups (broad SMARTS) is 2. The predicted octanol–water partition coefficient (Wildman–Crippen LogP) is 2.25. The minimum absolute atomic E-state index is 0.159. The van der Waals surface area contributed by atoms with Gasteiger partial charge in [-0.2, -0.15) is 0 Å². The number of nitrogens with zero attached hydrogens (tertiary/aromatic N) is 2. The van der Waals surface area contributed by atoms with E-state index in [0.29, 0.717) is 18.4 Å². The molecule has 0 aliphatic carbocycles. The predicted molar refractivity (Wildman–Crippen MR) is 96.7 cm³/mol. The van der Waals surface area contributed by atoms with E-state index in [9.17, 15) is 9.59 Å². The molecule has 1 aromatic heterocycles. The van der Waals surface area contributed by atoms with Crippen LogP contribution in [-0.4, -0.2) is 77.3 Å². The summed E-state index contributed by atoms with van der Waals surface area (Å²) in [6.07, 6.45) is -3.91. The minimum Gasteiger partial charge on any atom is -0.450 e. The zero-order valence-corrected chi connectivity index (χ0v) is 15.1. The summed E-state index contributed by atoms with van der Waals surface area (Å²) in [5, 5.41) is 17.9. The maximum absolute atomic E-state index is 10.8. The molecule has 0 amide bonds. The van der Waals surface area contributed by atoms with Crippen LogP contribution in [0.3, 0.4) is 0 Å². The summed E-state index contributed by atoms with van der Waals surface area (Å²) < 4.78 is 14.5. The molecule has 1 fully saturated rings. The van der Waals surface area contributed by atoms with Gasteiger partial charge in [0.2, 0.25) is 0 Å². The summed E-state index contributed by atoms with van der Waals surface area (Å²) in [5.41, 5.74) is 2.69. The summed E-state index contributed by atoms with van der Waals surface area (Å²) in [5.74, 6) is 0.159. The van der Waals surface area contributed by atoms with Gasteiger partial charge in [0.15, 0.2) is 5.16 Å². The van der Waals surface area contributed by atoms with Crippen LogP contribution >= 0.6 is 11.8 Å². The van der Waals surface area contributed by atoms with Crippen LogP contribution in [0, 0.1) is 0 Å². The molecular weight excluding hydrogens is 378 g/mol. The molecule has 2 heterocycles. The maximum atomic E-state index is 10.8. The number of imidazole rings is 1. The average Bonchev–Trinajstić information content (AvgIpc) is 3.07. The molecule has 3 N–H and O–H groups in total. The Balaban J connectivity index is 1.70. The molecule has 10 nitrogen and oxygen atoms in total. The third-order valence-electron chi connectivity index (χ3n) is 3.89. The van der Waals surface area contributed by atoms with Gasteiger partial charge in [-0.3, -0.25) is 0 Å². The third-order valence-corrected chi connectivity index (χ3v) is 4.89. The van der Waals surface area contributed by atoms with Crippen LogP contribution in [0.25, 0.3) is 11.0 Å². The molecule has 0 bridgehead atoms. The quantitative estimate of drug-likeness (QED) is 0.471. The van der Waals surface area contributed by atoms with Crippen molar-refractivity contribution in [2.75, 3.05) is 43.6 Å². The number of benzene rings is 1. The lowest BCUT2D eigenvalue weighted by Crippen LogP contribution is -2.36. The summed E-state index contributed by atoms with van der Waals surface area (Å²) in [6, 6.07) is 5.85. The second-order valence-electron chi connectivity index (χ2n) is 5.71. The number of nitrogens with one attached hydrogen (secondary N) is 1. The number of rotatable bonds is 7. The molecule has 27 heavy (non-hydrogen) atoms. The highest BCUT2D eigenvalue weighted by Crippen LogP contribution is 2.29. The van der Waals surface area contributed by atoms with Crippen molar-refractivity contribution in [3.05, 3.63) is 18.2 Å². The molecule has 1 saturated heterocycles. The maximum Gasteiger partial charge on any atom is 0.506 e. The van der Waals surface area contributed by atoms with Gasteiger partial charge in [-0.15, -0.1) is 0 Å². The Hall–Kier alpha value is -2.66. The largest absolute Gasteiger partial charge is 0.506 e. The van der Waals surface area contributed by atoms with E-state index in [1.54, 1.807) is 0 Å². The van der Waals surface area contributed by atoms with Crippen LogP contribution in [0.5, 0.6) is 0 Å². The normalized spacial score (nSPS) is 15.5. The van der Waals surface area contributed by atoms with Crippen LogP contribution in [0.15, 0.2) is 23.4 Å². The number of fused-ring (bicyclic) bond motifs is 1. The SMILES string of the molecule is O=C(O)OCC(CSc1nc2c(N3CCOCC3)cccc2[nH]1)OC(=O)O. The standard InChI is InChI=1S/C16H19N3O7S/c20-15(21)25-8-10(26-16(22)23)9-27-14-17-11-2-1-3-12(13(11)18-14)19-4-6-24-7-5-19/h1-3,10H,4-9H2,(H,17,18)(H,20,21)(H,22,23). The summed E-state index contributed by atoms with van der Waals surface area (Å²) in [6.45, 7) is 2.53. The Morgan fingerprint density at radius 1 is 1.30 bits per heavy atom. The fourth-order valence-electron chi connectivity index (χ4n) is 2.72. The topological polar surface area (TPSA) is 134 Å². The van der Waals surface area contributed by atoms with Gasteiger partial charge in [-0.25, -0.2) is 14.6 Å². The van der Waals surface area contributed by atoms with Crippen LogP contribution in [0.1, 0.15) is 0 Å². The second kappa shape index (κ2) is 8.82. The van der Waals surface area contributed by atoms with Crippen molar-refractivity contribution in [2.24, 2.45) is 0 Å². The van der Waals surface area contributed by atoms with E-state index in [0.717, 1.165) is 29.8 Å². The van der Waals surface area contributed by atoms with Crippen molar-refractivity contribution in [3.63, 3.8) is 0 Å². The highest BCUT2D eigenvalue weighted by molar-refractivity contribution is 7.99. The Bertz CT molecular complexity index is 806. The molecule has 1 aliphatic rings. The smallest absolute Gasteiger partial charge is 0.450 e. The number of anilines is 1. The molecule has 1 aliphatic heterocycles. The Kier molecular flexibility index (Phi) is 6.24. The number of ether oxygens (including phenoxy) is 3. The van der Waals surface area contributed by atoms with Crippen molar-refractivity contribution < 1.29 is 34.0 Å². The highest BCUT2D eigenvalue weighted by Gasteiger charge is 2.19. The number of hydrogen-bond donors (Lipinski definition) is 3. The first-order chi connectivity index (χ1) is 13.0. The molecule has 0 radical (unpaired) electrons. The molecule has 0 saturated carbocycles. The van der Waals surface area contributed by atoms with E-state index >= 15 is 0 Å². The molecule has 11 heteroatoms. The third kappa shape index (κ3) is 5.17. The zero-order chi connectivity index (χ0) is 19.2. The number of aromatic nitrogens is 2. The first-order valence-electron chi connectivity index (χ1n) is 8.22. The first-order valence-corrected chi connectivity index (χ1v) is 9.21. The van der Waals surface area contributed by atoms with Crippen molar-refractivity contribution in [1.29, 1.82) is 0 Å². The van der Waals surface area contributed by atoms with E-state index in [-0.39, 0.29) is 12.4 Å². The summed E-state index contributed by atoms with van der Waals surface area (Å²) in [4.78, 5) is 31.2. The lowest BCUT2D eigenvalue weighted by atomic mass is 10.2. The number of aromatic amines is 1. The van der Waals surface area contributed by atoms with E-state index in [2.05, 4.69) is 24.3 Å². The van der Waals surface area contributed by atoms with E-state index in [1.165, 1.54) is 11.8 Å². The lowest BCUT2D eigenvalue weighted by molar-refractivity contribution is 0.0140. The van der Waals surface area contributed by atoms with Crippen LogP contribution in [0.4, 0.5) is 15.3 Å². The minimum atomic E-state index is -1.49. The van der Waals surface area contributed by atoms with E-state index in [1.807, 2.05) is 18.2 Å². The number of H-pyrrole nitrogens is 1. The molecule has 1 aromatic carbocycles. The zero-order valence-electron chi connectivity index (χ0n) is 14.3. The van der Waals surface area contributed by atoms with Gasteiger partial charge < -0.3 is 34.3 Å². The number of morpholine rings is 1. The molecule has 1 unspecified atom stereocenters. The Labute approximate surface area is 158 Å². The van der Waals surface area contributed by atoms with Gasteiger partial charge in [0, 0.05) is 18.8 Å². The van der Waals surface area contributed by atoms with Gasteiger partial charge in [-0.1, -0.05) is 17.8 Å². The molecule has 0 spiro atoms. The van der Waals surface area contributed by atoms with Gasteiger partial charge in [0.05, 0.1) is 24.4 Å².